The Labute approximate surface area is 178 Å². The van der Waals surface area contributed by atoms with Gasteiger partial charge in [0.25, 0.3) is 5.56 Å². The van der Waals surface area contributed by atoms with Crippen molar-refractivity contribution in [2.24, 2.45) is 0 Å². The number of benzene rings is 2. The molecule has 2 heterocycles. The third kappa shape index (κ3) is 4.26. The molecule has 2 aromatic carbocycles. The van der Waals surface area contributed by atoms with Crippen LogP contribution in [0.25, 0.3) is 10.9 Å². The van der Waals surface area contributed by atoms with E-state index in [-0.39, 0.29) is 17.2 Å². The lowest BCUT2D eigenvalue weighted by Crippen LogP contribution is -2.29. The first-order valence-electron chi connectivity index (χ1n) is 9.46. The Hall–Kier alpha value is -3.45. The fourth-order valence-electron chi connectivity index (χ4n) is 3.09. The lowest BCUT2D eigenvalue weighted by molar-refractivity contribution is -0.115. The number of nitrogens with zero attached hydrogens (tertiary/aromatic N) is 4. The zero-order valence-electron chi connectivity index (χ0n) is 16.4. The van der Waals surface area contributed by atoms with Gasteiger partial charge in [-0.2, -0.15) is 0 Å². The van der Waals surface area contributed by atoms with Gasteiger partial charge in [0.05, 0.1) is 23.2 Å². The van der Waals surface area contributed by atoms with Crippen molar-refractivity contribution in [1.29, 1.82) is 0 Å². The smallest absolute Gasteiger partial charge is 0.262 e. The molecule has 1 amide bonds. The highest BCUT2D eigenvalue weighted by Gasteiger charge is 2.16. The molecule has 0 aliphatic rings. The minimum absolute atomic E-state index is 0.0680. The molecule has 0 N–H and O–H groups in total. The molecule has 0 aliphatic carbocycles. The van der Waals surface area contributed by atoms with Crippen LogP contribution in [-0.4, -0.2) is 33.2 Å². The molecule has 0 fully saturated rings. The number of pyridine rings is 1. The van der Waals surface area contributed by atoms with E-state index in [9.17, 15) is 9.59 Å². The van der Waals surface area contributed by atoms with Crippen molar-refractivity contribution < 1.29 is 4.79 Å². The molecule has 0 aliphatic heterocycles. The van der Waals surface area contributed by atoms with Crippen molar-refractivity contribution in [1.82, 2.24) is 14.5 Å². The van der Waals surface area contributed by atoms with Crippen molar-refractivity contribution in [3.63, 3.8) is 0 Å². The fourth-order valence-corrected chi connectivity index (χ4v) is 4.00. The number of anilines is 1. The number of fused-ring (bicyclic) bond motifs is 1. The summed E-state index contributed by atoms with van der Waals surface area (Å²) in [4.78, 5) is 36.3. The van der Waals surface area contributed by atoms with Crippen LogP contribution in [0.4, 0.5) is 5.69 Å². The van der Waals surface area contributed by atoms with Gasteiger partial charge in [-0.1, -0.05) is 48.2 Å². The molecule has 0 unspecified atom stereocenters. The van der Waals surface area contributed by atoms with Crippen LogP contribution in [0.2, 0.25) is 0 Å². The summed E-state index contributed by atoms with van der Waals surface area (Å²) in [5.41, 5.74) is 2.21. The van der Waals surface area contributed by atoms with E-state index in [0.717, 1.165) is 11.3 Å². The normalized spacial score (nSPS) is 10.8. The van der Waals surface area contributed by atoms with Crippen LogP contribution < -0.4 is 10.5 Å². The monoisotopic (exact) mass is 416 g/mol. The van der Waals surface area contributed by atoms with Gasteiger partial charge in [-0.3, -0.25) is 19.1 Å². The molecule has 0 saturated heterocycles. The largest absolute Gasteiger partial charge is 0.315 e. The Balaban J connectivity index is 1.64. The number of carbonyl (C=O) groups is 1. The quantitative estimate of drug-likeness (QED) is 0.355. The van der Waals surface area contributed by atoms with Gasteiger partial charge in [-0.05, 0) is 35.9 Å². The summed E-state index contributed by atoms with van der Waals surface area (Å²) in [6, 6.07) is 20.5. The summed E-state index contributed by atoms with van der Waals surface area (Å²) in [5, 5.41) is 1.07. The first-order chi connectivity index (χ1) is 14.6. The summed E-state index contributed by atoms with van der Waals surface area (Å²) in [6.45, 7) is 0.343. The second-order valence-electron chi connectivity index (χ2n) is 6.74. The molecule has 150 valence electrons. The van der Waals surface area contributed by atoms with E-state index < -0.39 is 0 Å². The average Bonchev–Trinajstić information content (AvgIpc) is 2.80. The molecule has 0 bridgehead atoms. The Morgan fingerprint density at radius 3 is 2.57 bits per heavy atom. The van der Waals surface area contributed by atoms with Gasteiger partial charge >= 0.3 is 0 Å². The van der Waals surface area contributed by atoms with Crippen LogP contribution in [-0.2, 0) is 11.3 Å². The minimum Gasteiger partial charge on any atom is -0.315 e. The van der Waals surface area contributed by atoms with E-state index >= 15 is 0 Å². The van der Waals surface area contributed by atoms with Gasteiger partial charge in [0.1, 0.15) is 0 Å². The Bertz CT molecular complexity index is 1230. The van der Waals surface area contributed by atoms with E-state index in [1.807, 2.05) is 60.7 Å². The summed E-state index contributed by atoms with van der Waals surface area (Å²) in [6.07, 6.45) is 3.42. The Kier molecular flexibility index (Phi) is 5.90. The second-order valence-corrected chi connectivity index (χ2v) is 7.68. The summed E-state index contributed by atoms with van der Waals surface area (Å²) < 4.78 is 1.61. The first kappa shape index (κ1) is 19.8. The van der Waals surface area contributed by atoms with Gasteiger partial charge < -0.3 is 4.90 Å². The molecule has 0 radical (unpaired) electrons. The SMILES string of the molecule is CN(C(=O)CSc1nc2ccccc2c(=O)n1Cc1cccnc1)c1ccccc1. The molecule has 7 heteroatoms. The van der Waals surface area contributed by atoms with E-state index in [1.54, 1.807) is 35.0 Å². The zero-order chi connectivity index (χ0) is 20.9. The molecule has 0 saturated carbocycles. The van der Waals surface area contributed by atoms with Crippen molar-refractivity contribution in [2.75, 3.05) is 17.7 Å². The average molecular weight is 417 g/mol. The van der Waals surface area contributed by atoms with E-state index in [0.29, 0.717) is 22.6 Å². The van der Waals surface area contributed by atoms with Crippen LogP contribution in [0.15, 0.2) is 89.1 Å². The topological polar surface area (TPSA) is 68.1 Å². The van der Waals surface area contributed by atoms with Crippen molar-refractivity contribution in [2.45, 2.75) is 11.7 Å². The highest BCUT2D eigenvalue weighted by Crippen LogP contribution is 2.20. The Morgan fingerprint density at radius 2 is 1.80 bits per heavy atom. The molecule has 4 rings (SSSR count). The summed E-state index contributed by atoms with van der Waals surface area (Å²) in [5.74, 6) is 0.102. The highest BCUT2D eigenvalue weighted by atomic mass is 32.2. The maximum absolute atomic E-state index is 13.1. The maximum Gasteiger partial charge on any atom is 0.262 e. The van der Waals surface area contributed by atoms with Crippen molar-refractivity contribution >= 4 is 34.3 Å². The zero-order valence-corrected chi connectivity index (χ0v) is 17.2. The summed E-state index contributed by atoms with van der Waals surface area (Å²) in [7, 11) is 1.74. The van der Waals surface area contributed by atoms with Crippen molar-refractivity contribution in [3.8, 4) is 0 Å². The molecule has 0 atom stereocenters. The first-order valence-corrected chi connectivity index (χ1v) is 10.4. The number of hydrogen-bond donors (Lipinski definition) is 0. The molecular formula is C23H20N4O2S. The fraction of sp³-hybridized carbons (Fsp3) is 0.130. The van der Waals surface area contributed by atoms with Gasteiger partial charge in [0, 0.05) is 25.1 Å². The minimum atomic E-state index is -0.129. The molecule has 30 heavy (non-hydrogen) atoms. The number of amides is 1. The molecule has 0 spiro atoms. The van der Waals surface area contributed by atoms with Crippen LogP contribution in [0.1, 0.15) is 5.56 Å². The van der Waals surface area contributed by atoms with E-state index in [2.05, 4.69) is 9.97 Å². The molecular weight excluding hydrogens is 396 g/mol. The molecule has 4 aromatic rings. The Morgan fingerprint density at radius 1 is 1.03 bits per heavy atom. The lowest BCUT2D eigenvalue weighted by Gasteiger charge is -2.18. The van der Waals surface area contributed by atoms with Gasteiger partial charge in [0.2, 0.25) is 5.91 Å². The van der Waals surface area contributed by atoms with E-state index in [4.69, 9.17) is 0 Å². The van der Waals surface area contributed by atoms with Gasteiger partial charge in [-0.15, -0.1) is 0 Å². The van der Waals surface area contributed by atoms with Crippen LogP contribution >= 0.6 is 11.8 Å². The maximum atomic E-state index is 13.1. The number of hydrogen-bond acceptors (Lipinski definition) is 5. The standard InChI is InChI=1S/C23H20N4O2S/c1-26(18-9-3-2-4-10-18)21(28)16-30-23-25-20-12-6-5-11-19(20)22(29)27(23)15-17-8-7-13-24-14-17/h2-14H,15-16H2,1H3. The second kappa shape index (κ2) is 8.92. The number of rotatable bonds is 6. The third-order valence-electron chi connectivity index (χ3n) is 4.73. The number of carbonyl (C=O) groups excluding carboxylic acids is 1. The number of thioether (sulfide) groups is 1. The number of aromatic nitrogens is 3. The number of para-hydroxylation sites is 2. The molecule has 2 aromatic heterocycles. The lowest BCUT2D eigenvalue weighted by atomic mass is 10.2. The third-order valence-corrected chi connectivity index (χ3v) is 5.69. The van der Waals surface area contributed by atoms with Crippen molar-refractivity contribution in [3.05, 3.63) is 95.0 Å². The van der Waals surface area contributed by atoms with Crippen LogP contribution in [0.3, 0.4) is 0 Å². The summed E-state index contributed by atoms with van der Waals surface area (Å²) >= 11 is 1.27. The van der Waals surface area contributed by atoms with E-state index in [1.165, 1.54) is 11.8 Å². The van der Waals surface area contributed by atoms with Crippen LogP contribution in [0, 0.1) is 0 Å². The van der Waals surface area contributed by atoms with Crippen LogP contribution in [0.5, 0.6) is 0 Å². The van der Waals surface area contributed by atoms with Gasteiger partial charge in [0.15, 0.2) is 5.16 Å². The van der Waals surface area contributed by atoms with Gasteiger partial charge in [-0.25, -0.2) is 4.98 Å². The predicted molar refractivity (Wildman–Crippen MR) is 120 cm³/mol. The predicted octanol–water partition coefficient (Wildman–Crippen LogP) is 3.59. The highest BCUT2D eigenvalue weighted by molar-refractivity contribution is 7.99. The molecule has 6 nitrogen and oxygen atoms in total.